The average molecular weight is 358 g/mol. The molecule has 1 amide bonds. The molecule has 6 rings (SSSR count). The van der Waals surface area contributed by atoms with Crippen LogP contribution < -0.4 is 10.1 Å². The molecule has 1 heterocycles. The van der Waals surface area contributed by atoms with Crippen molar-refractivity contribution < 1.29 is 9.53 Å². The Hall–Kier alpha value is -2.88. The minimum atomic E-state index is -0.0424. The molecule has 4 heteroatoms. The quantitative estimate of drug-likeness (QED) is 0.739. The Balaban J connectivity index is 1.47. The minimum Gasteiger partial charge on any atom is -0.497 e. The Morgan fingerprint density at radius 3 is 2.78 bits per heavy atom. The summed E-state index contributed by atoms with van der Waals surface area (Å²) in [6, 6.07) is 14.3. The molecule has 0 aliphatic heterocycles. The van der Waals surface area contributed by atoms with Crippen LogP contribution in [0.1, 0.15) is 24.8 Å². The first-order valence-corrected chi connectivity index (χ1v) is 9.47. The van der Waals surface area contributed by atoms with Gasteiger partial charge < -0.3 is 10.1 Å². The number of benzene rings is 2. The molecule has 136 valence electrons. The van der Waals surface area contributed by atoms with Crippen molar-refractivity contribution in [1.82, 2.24) is 10.3 Å². The number of hydrogen-bond donors (Lipinski definition) is 1. The molecule has 0 spiro atoms. The second-order valence-electron chi connectivity index (χ2n) is 7.87. The van der Waals surface area contributed by atoms with Crippen molar-refractivity contribution in [3.63, 3.8) is 0 Å². The third-order valence-electron chi connectivity index (χ3n) is 6.25. The monoisotopic (exact) mass is 358 g/mol. The fourth-order valence-corrected chi connectivity index (χ4v) is 4.56. The van der Waals surface area contributed by atoms with E-state index in [1.54, 1.807) is 7.11 Å². The van der Waals surface area contributed by atoms with Crippen LogP contribution in [0.2, 0.25) is 0 Å². The van der Waals surface area contributed by atoms with Gasteiger partial charge in [-0.3, -0.25) is 9.78 Å². The van der Waals surface area contributed by atoms with Crippen molar-refractivity contribution in [2.24, 2.45) is 11.3 Å². The van der Waals surface area contributed by atoms with Crippen molar-refractivity contribution in [3.05, 3.63) is 60.4 Å². The summed E-state index contributed by atoms with van der Waals surface area (Å²) in [7, 11) is 1.68. The van der Waals surface area contributed by atoms with E-state index in [0.717, 1.165) is 58.4 Å². The summed E-state index contributed by atoms with van der Waals surface area (Å²) in [5.74, 6) is 1.87. The van der Waals surface area contributed by atoms with Gasteiger partial charge in [-0.05, 0) is 65.5 Å². The van der Waals surface area contributed by atoms with E-state index >= 15 is 0 Å². The van der Waals surface area contributed by atoms with Crippen LogP contribution in [0.3, 0.4) is 0 Å². The first-order chi connectivity index (χ1) is 13.2. The molecule has 27 heavy (non-hydrogen) atoms. The van der Waals surface area contributed by atoms with Crippen molar-refractivity contribution >= 4 is 16.7 Å². The van der Waals surface area contributed by atoms with Crippen molar-refractivity contribution in [1.29, 1.82) is 0 Å². The normalized spacial score (nSPS) is 22.6. The van der Waals surface area contributed by atoms with Gasteiger partial charge in [0.25, 0.3) is 0 Å². The third-order valence-corrected chi connectivity index (χ3v) is 6.25. The number of amides is 1. The van der Waals surface area contributed by atoms with E-state index in [9.17, 15) is 4.79 Å². The Bertz CT molecular complexity index is 1030. The van der Waals surface area contributed by atoms with Gasteiger partial charge in [-0.2, -0.15) is 0 Å². The van der Waals surface area contributed by atoms with E-state index in [4.69, 9.17) is 4.74 Å². The summed E-state index contributed by atoms with van der Waals surface area (Å²) in [5, 5.41) is 5.38. The van der Waals surface area contributed by atoms with E-state index in [-0.39, 0.29) is 11.3 Å². The summed E-state index contributed by atoms with van der Waals surface area (Å²) in [5.41, 5.74) is 3.31. The standard InChI is InChI=1S/C23H22N2O2/c1-27-18-4-2-3-16(9-18)19-6-5-17(21-14-24-8-7-20(19)21)13-25-22(26)23-10-15(11-23)12-23/h2-9,14-15H,10-13H2,1H3,(H,25,26). The molecule has 0 saturated heterocycles. The number of methoxy groups -OCH3 is 1. The van der Waals surface area contributed by atoms with Crippen molar-refractivity contribution in [2.75, 3.05) is 7.11 Å². The molecule has 3 aliphatic rings. The first-order valence-electron chi connectivity index (χ1n) is 9.47. The van der Waals surface area contributed by atoms with Crippen LogP contribution in [0.4, 0.5) is 0 Å². The van der Waals surface area contributed by atoms with Crippen LogP contribution in [0, 0.1) is 11.3 Å². The van der Waals surface area contributed by atoms with Gasteiger partial charge in [0.1, 0.15) is 5.75 Å². The highest BCUT2D eigenvalue weighted by molar-refractivity contribution is 5.98. The first kappa shape index (κ1) is 16.3. The fourth-order valence-electron chi connectivity index (χ4n) is 4.56. The maximum Gasteiger partial charge on any atom is 0.226 e. The number of fused-ring (bicyclic) bond motifs is 1. The van der Waals surface area contributed by atoms with Crippen LogP contribution in [0.25, 0.3) is 21.9 Å². The Kier molecular flexibility index (Phi) is 3.67. The molecular weight excluding hydrogens is 336 g/mol. The summed E-state index contributed by atoms with van der Waals surface area (Å²) < 4.78 is 5.37. The number of pyridine rings is 1. The lowest BCUT2D eigenvalue weighted by Gasteiger charge is -2.60. The SMILES string of the molecule is COc1cccc(-c2ccc(CNC(=O)C34CC(C3)C4)c3cnccc23)c1. The second kappa shape index (κ2) is 6.08. The van der Waals surface area contributed by atoms with Gasteiger partial charge in [0.2, 0.25) is 5.91 Å². The third kappa shape index (κ3) is 2.59. The summed E-state index contributed by atoms with van der Waals surface area (Å²) in [6.07, 6.45) is 6.94. The smallest absolute Gasteiger partial charge is 0.226 e. The Morgan fingerprint density at radius 1 is 1.19 bits per heavy atom. The zero-order valence-corrected chi connectivity index (χ0v) is 15.4. The zero-order valence-electron chi connectivity index (χ0n) is 15.4. The molecule has 2 bridgehead atoms. The van der Waals surface area contributed by atoms with Gasteiger partial charge in [-0.15, -0.1) is 0 Å². The molecule has 4 nitrogen and oxygen atoms in total. The number of nitrogens with one attached hydrogen (secondary N) is 1. The number of hydrogen-bond acceptors (Lipinski definition) is 3. The number of nitrogens with zero attached hydrogens (tertiary/aromatic N) is 1. The van der Waals surface area contributed by atoms with Crippen LogP contribution in [0.15, 0.2) is 54.9 Å². The minimum absolute atomic E-state index is 0.0424. The van der Waals surface area contributed by atoms with E-state index in [0.29, 0.717) is 6.54 Å². The average Bonchev–Trinajstić information content (AvgIpc) is 2.63. The van der Waals surface area contributed by atoms with Gasteiger partial charge in [0.15, 0.2) is 0 Å². The van der Waals surface area contributed by atoms with Crippen LogP contribution >= 0.6 is 0 Å². The highest BCUT2D eigenvalue weighted by atomic mass is 16.5. The molecule has 0 radical (unpaired) electrons. The lowest BCUT2D eigenvalue weighted by Crippen LogP contribution is -2.60. The van der Waals surface area contributed by atoms with Gasteiger partial charge in [0, 0.05) is 29.7 Å². The summed E-state index contributed by atoms with van der Waals surface area (Å²) in [4.78, 5) is 16.8. The molecule has 3 aliphatic carbocycles. The van der Waals surface area contributed by atoms with E-state index < -0.39 is 0 Å². The number of carbonyl (C=O) groups is 1. The zero-order chi connectivity index (χ0) is 18.4. The molecule has 3 fully saturated rings. The van der Waals surface area contributed by atoms with Gasteiger partial charge in [-0.25, -0.2) is 0 Å². The van der Waals surface area contributed by atoms with Crippen LogP contribution in [-0.4, -0.2) is 18.0 Å². The predicted octanol–water partition coefficient (Wildman–Crippen LogP) is 4.33. The van der Waals surface area contributed by atoms with Crippen LogP contribution in [-0.2, 0) is 11.3 Å². The molecule has 3 saturated carbocycles. The maximum absolute atomic E-state index is 12.5. The van der Waals surface area contributed by atoms with E-state index in [1.807, 2.05) is 36.7 Å². The molecule has 2 aromatic carbocycles. The Morgan fingerprint density at radius 2 is 2.04 bits per heavy atom. The van der Waals surface area contributed by atoms with Crippen molar-refractivity contribution in [3.8, 4) is 16.9 Å². The van der Waals surface area contributed by atoms with Crippen LogP contribution in [0.5, 0.6) is 5.75 Å². The summed E-state index contributed by atoms with van der Waals surface area (Å²) in [6.45, 7) is 0.547. The lowest BCUT2D eigenvalue weighted by atomic mass is 9.44. The molecule has 3 aromatic rings. The molecule has 1 aromatic heterocycles. The number of aromatic nitrogens is 1. The fraction of sp³-hybridized carbons (Fsp3) is 0.304. The second-order valence-corrected chi connectivity index (χ2v) is 7.87. The lowest BCUT2D eigenvalue weighted by molar-refractivity contribution is -0.165. The highest BCUT2D eigenvalue weighted by Crippen LogP contribution is 2.64. The van der Waals surface area contributed by atoms with Gasteiger partial charge >= 0.3 is 0 Å². The topological polar surface area (TPSA) is 51.2 Å². The summed E-state index contributed by atoms with van der Waals surface area (Å²) >= 11 is 0. The maximum atomic E-state index is 12.5. The highest BCUT2D eigenvalue weighted by Gasteiger charge is 2.61. The molecular formula is C23H22N2O2. The number of carbonyl (C=O) groups excluding carboxylic acids is 1. The molecule has 0 atom stereocenters. The number of rotatable bonds is 5. The van der Waals surface area contributed by atoms with E-state index in [1.165, 1.54) is 0 Å². The van der Waals surface area contributed by atoms with Gasteiger partial charge in [0.05, 0.1) is 7.11 Å². The Labute approximate surface area is 158 Å². The molecule has 1 N–H and O–H groups in total. The van der Waals surface area contributed by atoms with Crippen molar-refractivity contribution in [2.45, 2.75) is 25.8 Å². The van der Waals surface area contributed by atoms with E-state index in [2.05, 4.69) is 28.5 Å². The number of ether oxygens (including phenoxy) is 1. The van der Waals surface area contributed by atoms with Gasteiger partial charge in [-0.1, -0.05) is 24.3 Å². The predicted molar refractivity (Wildman–Crippen MR) is 105 cm³/mol. The molecule has 0 unspecified atom stereocenters. The largest absolute Gasteiger partial charge is 0.497 e.